The molecule has 0 atom stereocenters. The number of hydrogen-bond donors (Lipinski definition) is 1. The Hall–Kier alpha value is -1.61. The Bertz CT molecular complexity index is 691. The fourth-order valence-corrected chi connectivity index (χ4v) is 2.43. The summed E-state index contributed by atoms with van der Waals surface area (Å²) in [6.07, 6.45) is 0. The predicted molar refractivity (Wildman–Crippen MR) is 98.4 cm³/mol. The quantitative estimate of drug-likeness (QED) is 0.497. The van der Waals surface area contributed by atoms with Crippen molar-refractivity contribution in [1.82, 2.24) is 0 Å². The normalized spacial score (nSPS) is 10.0. The van der Waals surface area contributed by atoms with Gasteiger partial charge in [0.05, 0.1) is 0 Å². The summed E-state index contributed by atoms with van der Waals surface area (Å²) in [4.78, 5) is 23.3. The van der Waals surface area contributed by atoms with Crippen LogP contribution < -0.4 is 10.1 Å². The highest BCUT2D eigenvalue weighted by Crippen LogP contribution is 2.16. The largest absolute Gasteiger partial charge is 0.482 e. The van der Waals surface area contributed by atoms with Crippen LogP contribution in [0.25, 0.3) is 0 Å². The van der Waals surface area contributed by atoms with E-state index in [0.29, 0.717) is 11.4 Å². The first-order valence-corrected chi connectivity index (χ1v) is 8.49. The monoisotopic (exact) mass is 489 g/mol. The number of carbonyl (C=O) groups excluding carboxylic acids is 2. The molecule has 1 N–H and O–H groups in total. The highest BCUT2D eigenvalue weighted by Gasteiger charge is 2.09. The number of esters is 1. The lowest BCUT2D eigenvalue weighted by Gasteiger charge is -2.08. The molecule has 0 saturated carbocycles. The minimum absolute atomic E-state index is 0.252. The lowest BCUT2D eigenvalue weighted by molar-refractivity contribution is -0.149. The number of anilines is 1. The number of ether oxygens (including phenoxy) is 2. The second kappa shape index (κ2) is 8.88. The summed E-state index contributed by atoms with van der Waals surface area (Å²) in [6.45, 7) is -0.605. The molecule has 2 rings (SSSR count). The Balaban J connectivity index is 1.71. The van der Waals surface area contributed by atoms with Crippen LogP contribution in [0.3, 0.4) is 0 Å². The van der Waals surface area contributed by atoms with Crippen molar-refractivity contribution in [3.05, 3.63) is 56.6 Å². The summed E-state index contributed by atoms with van der Waals surface area (Å²) >= 11 is 5.45. The molecule has 7 heteroatoms. The van der Waals surface area contributed by atoms with Crippen molar-refractivity contribution < 1.29 is 19.1 Å². The van der Waals surface area contributed by atoms with Gasteiger partial charge in [-0.1, -0.05) is 22.0 Å². The van der Waals surface area contributed by atoms with E-state index in [9.17, 15) is 9.59 Å². The zero-order valence-corrected chi connectivity index (χ0v) is 15.7. The molecule has 0 fully saturated rings. The predicted octanol–water partition coefficient (Wildman–Crippen LogP) is 3.61. The summed E-state index contributed by atoms with van der Waals surface area (Å²) in [6, 6.07) is 14.4. The van der Waals surface area contributed by atoms with Crippen molar-refractivity contribution in [3.63, 3.8) is 0 Å². The van der Waals surface area contributed by atoms with Gasteiger partial charge in [-0.05, 0) is 65.1 Å². The number of benzene rings is 2. The van der Waals surface area contributed by atoms with Crippen molar-refractivity contribution in [2.24, 2.45) is 0 Å². The number of amides is 1. The molecule has 0 spiro atoms. The van der Waals surface area contributed by atoms with Gasteiger partial charge in [0.25, 0.3) is 5.91 Å². The third kappa shape index (κ3) is 6.57. The number of rotatable bonds is 6. The Morgan fingerprint density at radius 2 is 1.83 bits per heavy atom. The molecular formula is C16H13BrINO4. The third-order valence-corrected chi connectivity index (χ3v) is 3.84. The number of nitrogens with one attached hydrogen (secondary N) is 1. The van der Waals surface area contributed by atoms with Crippen molar-refractivity contribution in [2.45, 2.75) is 0 Å². The number of carbonyl (C=O) groups is 2. The van der Waals surface area contributed by atoms with Crippen LogP contribution in [0.2, 0.25) is 0 Å². The first kappa shape index (κ1) is 17.7. The summed E-state index contributed by atoms with van der Waals surface area (Å²) in [5.41, 5.74) is 0.657. The van der Waals surface area contributed by atoms with Crippen LogP contribution in [-0.4, -0.2) is 25.1 Å². The molecule has 2 aromatic rings. The second-order valence-corrected chi connectivity index (χ2v) is 6.62. The van der Waals surface area contributed by atoms with Gasteiger partial charge in [0.15, 0.2) is 13.2 Å². The van der Waals surface area contributed by atoms with Crippen molar-refractivity contribution >= 4 is 56.1 Å². The van der Waals surface area contributed by atoms with Gasteiger partial charge in [-0.15, -0.1) is 0 Å². The molecule has 1 amide bonds. The molecular weight excluding hydrogens is 477 g/mol. The molecule has 0 aliphatic carbocycles. The van der Waals surface area contributed by atoms with E-state index < -0.39 is 11.9 Å². The molecule has 0 radical (unpaired) electrons. The fraction of sp³-hybridized carbons (Fsp3) is 0.125. The van der Waals surface area contributed by atoms with E-state index in [4.69, 9.17) is 9.47 Å². The van der Waals surface area contributed by atoms with Gasteiger partial charge < -0.3 is 14.8 Å². The number of hydrogen-bond acceptors (Lipinski definition) is 4. The van der Waals surface area contributed by atoms with Crippen LogP contribution in [0.1, 0.15) is 0 Å². The van der Waals surface area contributed by atoms with Crippen molar-refractivity contribution in [2.75, 3.05) is 18.5 Å². The first-order chi connectivity index (χ1) is 11.0. The molecule has 2 aromatic carbocycles. The van der Waals surface area contributed by atoms with Crippen molar-refractivity contribution in [1.29, 1.82) is 0 Å². The molecule has 0 aliphatic rings. The maximum absolute atomic E-state index is 11.7. The summed E-state index contributed by atoms with van der Waals surface area (Å²) < 4.78 is 12.0. The molecule has 23 heavy (non-hydrogen) atoms. The van der Waals surface area contributed by atoms with Crippen LogP contribution >= 0.6 is 38.5 Å². The Kier molecular flexibility index (Phi) is 6.85. The van der Waals surface area contributed by atoms with E-state index in [1.807, 2.05) is 18.2 Å². The van der Waals surface area contributed by atoms with Crippen LogP contribution in [0, 0.1) is 3.57 Å². The second-order valence-electron chi connectivity index (χ2n) is 4.46. The highest BCUT2D eigenvalue weighted by molar-refractivity contribution is 14.1. The van der Waals surface area contributed by atoms with Gasteiger partial charge in [0.2, 0.25) is 0 Å². The Morgan fingerprint density at radius 1 is 1.09 bits per heavy atom. The van der Waals surface area contributed by atoms with Crippen molar-refractivity contribution in [3.8, 4) is 5.75 Å². The van der Waals surface area contributed by atoms with E-state index in [1.165, 1.54) is 0 Å². The summed E-state index contributed by atoms with van der Waals surface area (Å²) in [5.74, 6) is -0.455. The third-order valence-electron chi connectivity index (χ3n) is 2.64. The average Bonchev–Trinajstić information content (AvgIpc) is 2.52. The van der Waals surface area contributed by atoms with E-state index in [0.717, 1.165) is 8.04 Å². The van der Waals surface area contributed by atoms with Gasteiger partial charge in [0, 0.05) is 13.7 Å². The zero-order valence-electron chi connectivity index (χ0n) is 11.9. The maximum atomic E-state index is 11.7. The van der Waals surface area contributed by atoms with Gasteiger partial charge in [-0.25, -0.2) is 4.79 Å². The zero-order chi connectivity index (χ0) is 16.7. The lowest BCUT2D eigenvalue weighted by atomic mass is 10.3. The highest BCUT2D eigenvalue weighted by atomic mass is 127. The lowest BCUT2D eigenvalue weighted by Crippen LogP contribution is -2.23. The van der Waals surface area contributed by atoms with E-state index in [2.05, 4.69) is 43.8 Å². The van der Waals surface area contributed by atoms with Crippen LogP contribution in [0.4, 0.5) is 5.69 Å². The van der Waals surface area contributed by atoms with Gasteiger partial charge in [-0.3, -0.25) is 4.79 Å². The summed E-state index contributed by atoms with van der Waals surface area (Å²) in [5, 5.41) is 2.65. The van der Waals surface area contributed by atoms with Gasteiger partial charge >= 0.3 is 5.97 Å². The molecule has 120 valence electrons. The van der Waals surface area contributed by atoms with Gasteiger partial charge in [-0.2, -0.15) is 0 Å². The molecule has 0 aromatic heterocycles. The topological polar surface area (TPSA) is 64.6 Å². The molecule has 0 saturated heterocycles. The SMILES string of the molecule is O=C(COC(=O)COc1ccc(Br)cc1)Nc1cccc(I)c1. The molecule has 0 heterocycles. The van der Waals surface area contributed by atoms with Crippen LogP contribution in [-0.2, 0) is 14.3 Å². The molecule has 5 nitrogen and oxygen atoms in total. The summed E-state index contributed by atoms with van der Waals surface area (Å²) in [7, 11) is 0. The smallest absolute Gasteiger partial charge is 0.344 e. The van der Waals surface area contributed by atoms with Crippen LogP contribution in [0.15, 0.2) is 53.0 Å². The Labute approximate surface area is 155 Å². The number of halogens is 2. The molecule has 0 bridgehead atoms. The van der Waals surface area contributed by atoms with Crippen LogP contribution in [0.5, 0.6) is 5.75 Å². The minimum Gasteiger partial charge on any atom is -0.482 e. The molecule has 0 aliphatic heterocycles. The minimum atomic E-state index is -0.606. The van der Waals surface area contributed by atoms with E-state index >= 15 is 0 Å². The maximum Gasteiger partial charge on any atom is 0.344 e. The average molecular weight is 490 g/mol. The van der Waals surface area contributed by atoms with E-state index in [1.54, 1.807) is 30.3 Å². The molecule has 0 unspecified atom stereocenters. The fourth-order valence-electron chi connectivity index (χ4n) is 1.62. The van der Waals surface area contributed by atoms with Gasteiger partial charge in [0.1, 0.15) is 5.75 Å². The van der Waals surface area contributed by atoms with E-state index in [-0.39, 0.29) is 13.2 Å². The first-order valence-electron chi connectivity index (χ1n) is 6.62. The standard InChI is InChI=1S/C16H13BrINO4/c17-11-4-6-14(7-5-11)22-10-16(21)23-9-15(20)19-13-3-1-2-12(18)8-13/h1-8H,9-10H2,(H,19,20). The Morgan fingerprint density at radius 3 is 2.52 bits per heavy atom.